The van der Waals surface area contributed by atoms with Crippen LogP contribution >= 0.6 is 0 Å². The van der Waals surface area contributed by atoms with Gasteiger partial charge in [-0.15, -0.1) is 0 Å². The van der Waals surface area contributed by atoms with Gasteiger partial charge in [0.25, 0.3) is 0 Å². The van der Waals surface area contributed by atoms with Crippen LogP contribution in [-0.4, -0.2) is 25.0 Å². The van der Waals surface area contributed by atoms with Crippen molar-refractivity contribution < 1.29 is 0 Å². The third kappa shape index (κ3) is 5.69. The topological polar surface area (TPSA) is 3.24 Å². The molecule has 16 heavy (non-hydrogen) atoms. The van der Waals surface area contributed by atoms with Gasteiger partial charge in [0.1, 0.15) is 0 Å². The molecule has 2 atom stereocenters. The Morgan fingerprint density at radius 2 is 1.88 bits per heavy atom. The minimum atomic E-state index is 0.470. The second-order valence-electron chi connectivity index (χ2n) is 5.86. The number of hydrogen-bond donors (Lipinski definition) is 0. The van der Waals surface area contributed by atoms with Gasteiger partial charge in [-0.25, -0.2) is 0 Å². The zero-order chi connectivity index (χ0) is 12.8. The molecule has 0 aliphatic carbocycles. The molecule has 0 saturated heterocycles. The lowest BCUT2D eigenvalue weighted by Crippen LogP contribution is -2.26. The van der Waals surface area contributed by atoms with Crippen LogP contribution in [0.25, 0.3) is 0 Å². The fraction of sp³-hybridized carbons (Fsp3) is 0.867. The highest BCUT2D eigenvalue weighted by atomic mass is 15.1. The molecule has 0 rings (SSSR count). The molecule has 1 heteroatoms. The number of hydrogen-bond acceptors (Lipinski definition) is 1. The molecule has 0 aliphatic rings. The maximum Gasteiger partial charge on any atom is 0.00979 e. The van der Waals surface area contributed by atoms with Gasteiger partial charge in [0, 0.05) is 6.04 Å². The molecule has 0 aliphatic heterocycles. The molecule has 2 unspecified atom stereocenters. The van der Waals surface area contributed by atoms with Crippen LogP contribution in [0.2, 0.25) is 0 Å². The summed E-state index contributed by atoms with van der Waals surface area (Å²) in [5.74, 6) is 0. The lowest BCUT2D eigenvalue weighted by atomic mass is 9.77. The average molecular weight is 225 g/mol. The molecule has 0 radical (unpaired) electrons. The Bertz CT molecular complexity index is 207. The molecule has 0 fully saturated rings. The van der Waals surface area contributed by atoms with Crippen LogP contribution in [0, 0.1) is 5.41 Å². The van der Waals surface area contributed by atoms with Gasteiger partial charge in [-0.05, 0) is 45.7 Å². The predicted octanol–water partition coefficient (Wildman–Crippen LogP) is 4.49. The summed E-state index contributed by atoms with van der Waals surface area (Å²) in [7, 11) is 4.28. The average Bonchev–Trinajstić information content (AvgIpc) is 2.17. The van der Waals surface area contributed by atoms with Crippen LogP contribution in [0.4, 0.5) is 0 Å². The Labute approximate surface area is 103 Å². The molecule has 0 aromatic rings. The van der Waals surface area contributed by atoms with Crippen LogP contribution < -0.4 is 0 Å². The van der Waals surface area contributed by atoms with Gasteiger partial charge in [-0.3, -0.25) is 0 Å². The highest BCUT2D eigenvalue weighted by Gasteiger charge is 2.22. The molecular formula is C15H31N. The second-order valence-corrected chi connectivity index (χ2v) is 5.86. The van der Waals surface area contributed by atoms with E-state index in [9.17, 15) is 0 Å². The Hall–Kier alpha value is -0.300. The largest absolute Gasteiger partial charge is 0.306 e. The third-order valence-electron chi connectivity index (χ3n) is 3.85. The summed E-state index contributed by atoms with van der Waals surface area (Å²) in [5.41, 5.74) is 1.89. The van der Waals surface area contributed by atoms with Crippen molar-refractivity contribution in [3.8, 4) is 0 Å². The van der Waals surface area contributed by atoms with E-state index >= 15 is 0 Å². The Morgan fingerprint density at radius 1 is 1.31 bits per heavy atom. The summed E-state index contributed by atoms with van der Waals surface area (Å²) >= 11 is 0. The quantitative estimate of drug-likeness (QED) is 0.550. The van der Waals surface area contributed by atoms with E-state index in [1.807, 2.05) is 0 Å². The zero-order valence-corrected chi connectivity index (χ0v) is 12.3. The van der Waals surface area contributed by atoms with Crippen LogP contribution in [0.15, 0.2) is 12.2 Å². The molecule has 0 aromatic carbocycles. The highest BCUT2D eigenvalue weighted by molar-refractivity contribution is 5.01. The standard InChI is InChI=1S/C15H31N/c1-8-10-15(5,9-2)12-13(3)11-14(4)16(6)7/h14H,3,8-12H2,1-2,4-7H3. The molecule has 0 amide bonds. The van der Waals surface area contributed by atoms with E-state index in [1.165, 1.54) is 31.3 Å². The van der Waals surface area contributed by atoms with Crippen molar-refractivity contribution in [1.82, 2.24) is 4.90 Å². The van der Waals surface area contributed by atoms with E-state index in [2.05, 4.69) is 53.3 Å². The van der Waals surface area contributed by atoms with Crippen molar-refractivity contribution in [2.24, 2.45) is 5.41 Å². The molecule has 0 spiro atoms. The fourth-order valence-corrected chi connectivity index (χ4v) is 2.27. The first-order valence-corrected chi connectivity index (χ1v) is 6.67. The summed E-state index contributed by atoms with van der Waals surface area (Å²) in [6, 6.07) is 0.607. The molecule has 0 heterocycles. The van der Waals surface area contributed by atoms with Crippen molar-refractivity contribution >= 4 is 0 Å². The fourth-order valence-electron chi connectivity index (χ4n) is 2.27. The molecule has 0 N–H and O–H groups in total. The van der Waals surface area contributed by atoms with E-state index in [1.54, 1.807) is 0 Å². The van der Waals surface area contributed by atoms with Crippen molar-refractivity contribution in [2.75, 3.05) is 14.1 Å². The van der Waals surface area contributed by atoms with Crippen molar-refractivity contribution in [3.05, 3.63) is 12.2 Å². The lowest BCUT2D eigenvalue weighted by Gasteiger charge is -2.30. The number of rotatable bonds is 8. The molecular weight excluding hydrogens is 194 g/mol. The zero-order valence-electron chi connectivity index (χ0n) is 12.3. The smallest absolute Gasteiger partial charge is 0.00979 e. The second kappa shape index (κ2) is 7.11. The van der Waals surface area contributed by atoms with Gasteiger partial charge in [-0.2, -0.15) is 0 Å². The summed E-state index contributed by atoms with van der Waals surface area (Å²) < 4.78 is 0. The molecule has 0 saturated carbocycles. The van der Waals surface area contributed by atoms with Crippen molar-refractivity contribution in [2.45, 2.75) is 65.8 Å². The summed E-state index contributed by atoms with van der Waals surface area (Å²) in [4.78, 5) is 2.27. The van der Waals surface area contributed by atoms with Gasteiger partial charge in [-0.1, -0.05) is 45.8 Å². The third-order valence-corrected chi connectivity index (χ3v) is 3.85. The van der Waals surface area contributed by atoms with E-state index in [4.69, 9.17) is 0 Å². The van der Waals surface area contributed by atoms with E-state index in [-0.39, 0.29) is 0 Å². The molecule has 0 aromatic heterocycles. The van der Waals surface area contributed by atoms with E-state index in [0.29, 0.717) is 11.5 Å². The maximum atomic E-state index is 4.27. The first kappa shape index (κ1) is 15.7. The summed E-state index contributed by atoms with van der Waals surface area (Å²) in [6.07, 6.45) is 6.18. The van der Waals surface area contributed by atoms with Crippen LogP contribution in [0.3, 0.4) is 0 Å². The molecule has 96 valence electrons. The predicted molar refractivity (Wildman–Crippen MR) is 74.8 cm³/mol. The van der Waals surface area contributed by atoms with Crippen LogP contribution in [0.5, 0.6) is 0 Å². The normalized spacial score (nSPS) is 17.2. The first-order valence-electron chi connectivity index (χ1n) is 6.67. The number of nitrogens with zero attached hydrogens (tertiary/aromatic N) is 1. The lowest BCUT2D eigenvalue weighted by molar-refractivity contribution is 0.262. The first-order chi connectivity index (χ1) is 7.34. The Balaban J connectivity index is 4.21. The van der Waals surface area contributed by atoms with Gasteiger partial charge in [0.15, 0.2) is 0 Å². The minimum absolute atomic E-state index is 0.470. The van der Waals surface area contributed by atoms with Crippen molar-refractivity contribution in [1.29, 1.82) is 0 Å². The SMILES string of the molecule is C=C(CC(C)N(C)C)CC(C)(CC)CCC. The summed E-state index contributed by atoms with van der Waals surface area (Å²) in [6.45, 7) is 13.5. The summed E-state index contributed by atoms with van der Waals surface area (Å²) in [5, 5.41) is 0. The van der Waals surface area contributed by atoms with Gasteiger partial charge in [0.05, 0.1) is 0 Å². The van der Waals surface area contributed by atoms with Gasteiger partial charge < -0.3 is 4.90 Å². The van der Waals surface area contributed by atoms with E-state index in [0.717, 1.165) is 6.42 Å². The van der Waals surface area contributed by atoms with Crippen LogP contribution in [0.1, 0.15) is 59.8 Å². The van der Waals surface area contributed by atoms with E-state index < -0.39 is 0 Å². The highest BCUT2D eigenvalue weighted by Crippen LogP contribution is 2.35. The van der Waals surface area contributed by atoms with Crippen LogP contribution in [-0.2, 0) is 0 Å². The monoisotopic (exact) mass is 225 g/mol. The maximum absolute atomic E-state index is 4.27. The molecule has 0 bridgehead atoms. The van der Waals surface area contributed by atoms with Gasteiger partial charge in [0.2, 0.25) is 0 Å². The van der Waals surface area contributed by atoms with Gasteiger partial charge >= 0.3 is 0 Å². The minimum Gasteiger partial charge on any atom is -0.306 e. The Kier molecular flexibility index (Phi) is 6.98. The molecule has 1 nitrogen and oxygen atoms in total. The van der Waals surface area contributed by atoms with Crippen molar-refractivity contribution in [3.63, 3.8) is 0 Å². The Morgan fingerprint density at radius 3 is 2.25 bits per heavy atom.